The lowest BCUT2D eigenvalue weighted by atomic mass is 10.1. The summed E-state index contributed by atoms with van der Waals surface area (Å²) < 4.78 is 76.1. The van der Waals surface area contributed by atoms with E-state index in [-0.39, 0.29) is 0 Å². The second-order valence-electron chi connectivity index (χ2n) is 3.61. The fraction of sp³-hybridized carbons (Fsp3) is 0.333. The third-order valence-corrected chi connectivity index (χ3v) is 4.71. The molecule has 0 atom stereocenters. The molecule has 1 rings (SSSR count). The quantitative estimate of drug-likeness (QED) is 0.405. The van der Waals surface area contributed by atoms with Gasteiger partial charge in [0, 0.05) is 0 Å². The van der Waals surface area contributed by atoms with Gasteiger partial charge in [-0.15, -0.1) is 22.2 Å². The molecule has 0 aliphatic carbocycles. The monoisotopic (exact) mass is 326 g/mol. The maximum Gasteiger partial charge on any atom is 0.417 e. The molecule has 0 fully saturated rings. The first-order chi connectivity index (χ1) is 7.85. The molecule has 0 aromatic heterocycles. The van der Waals surface area contributed by atoms with Crippen molar-refractivity contribution in [2.45, 2.75) is 18.9 Å². The summed E-state index contributed by atoms with van der Waals surface area (Å²) in [6.45, 7) is -2.46. The Bertz CT molecular complexity index is 414. The van der Waals surface area contributed by atoms with Crippen molar-refractivity contribution in [3.63, 3.8) is 0 Å². The van der Waals surface area contributed by atoms with Crippen molar-refractivity contribution in [3.8, 4) is 0 Å². The number of halogens is 8. The maximum atomic E-state index is 12.8. The van der Waals surface area contributed by atoms with Crippen LogP contribution in [0.25, 0.3) is 0 Å². The fourth-order valence-electron chi connectivity index (χ4n) is 1.46. The van der Waals surface area contributed by atoms with Crippen LogP contribution >= 0.6 is 22.2 Å². The van der Waals surface area contributed by atoms with Gasteiger partial charge in [-0.25, -0.2) is 0 Å². The van der Waals surface area contributed by atoms with Gasteiger partial charge in [-0.2, -0.15) is 26.3 Å². The van der Waals surface area contributed by atoms with Crippen LogP contribution in [0.4, 0.5) is 26.3 Å². The molecule has 1 aromatic carbocycles. The van der Waals surface area contributed by atoms with Gasteiger partial charge in [0.1, 0.15) is 0 Å². The number of hydrogen-bond donors (Lipinski definition) is 0. The van der Waals surface area contributed by atoms with E-state index in [4.69, 9.17) is 22.2 Å². The van der Waals surface area contributed by atoms with Gasteiger partial charge in [0.15, 0.2) is 0 Å². The highest BCUT2D eigenvalue weighted by atomic mass is 35.7. The molecule has 0 heterocycles. The Balaban J connectivity index is 3.68. The smallest absolute Gasteiger partial charge is 0.166 e. The number of rotatable bonds is 1. The lowest BCUT2D eigenvalue weighted by Crippen LogP contribution is -2.40. The molecule has 0 aliphatic rings. The maximum absolute atomic E-state index is 12.8. The average Bonchev–Trinajstić information content (AvgIpc) is 2.12. The zero-order chi connectivity index (χ0) is 14.4. The van der Waals surface area contributed by atoms with Gasteiger partial charge in [-0.05, 0) is 17.8 Å². The van der Waals surface area contributed by atoms with Crippen molar-refractivity contribution < 1.29 is 26.3 Å². The molecule has 0 unspecified atom stereocenters. The molecule has 0 aliphatic heterocycles. The molecule has 0 saturated carbocycles. The molecule has 0 spiro atoms. The molecule has 0 radical (unpaired) electrons. The summed E-state index contributed by atoms with van der Waals surface area (Å²) in [5.41, 5.74) is -3.57. The molecule has 0 saturated heterocycles. The predicted molar refractivity (Wildman–Crippen MR) is 59.4 cm³/mol. The van der Waals surface area contributed by atoms with Crippen LogP contribution in [-0.2, 0) is 12.4 Å². The van der Waals surface area contributed by atoms with E-state index in [1.165, 1.54) is 0 Å². The highest BCUT2D eigenvalue weighted by Gasteiger charge is 2.47. The summed E-state index contributed by atoms with van der Waals surface area (Å²) in [6.07, 6.45) is -10.3. The number of benzene rings is 1. The topological polar surface area (TPSA) is 0 Å². The van der Waals surface area contributed by atoms with Gasteiger partial charge < -0.3 is 0 Å². The van der Waals surface area contributed by atoms with Gasteiger partial charge in [-0.3, -0.25) is 0 Å². The zero-order valence-electron chi connectivity index (χ0n) is 8.76. The average molecular weight is 327 g/mol. The summed E-state index contributed by atoms with van der Waals surface area (Å²) >= 11 is 11.3. The molecule has 102 valence electrons. The molecule has 18 heavy (non-hydrogen) atoms. The minimum absolute atomic E-state index is 0.361. The Kier molecular flexibility index (Phi) is 4.01. The standard InChI is InChI=1S/C9H6Cl2F6Si/c1-18(10,11)6-4-2-3-5(8(12,13)14)7(6)9(15,16)17/h2-4H,1H3. The van der Waals surface area contributed by atoms with E-state index >= 15 is 0 Å². The molecule has 0 bridgehead atoms. The van der Waals surface area contributed by atoms with Crippen LogP contribution in [0.15, 0.2) is 18.2 Å². The van der Waals surface area contributed by atoms with Gasteiger partial charge >= 0.3 is 12.4 Å². The molecule has 0 N–H and O–H groups in total. The van der Waals surface area contributed by atoms with Crippen molar-refractivity contribution in [2.24, 2.45) is 0 Å². The minimum atomic E-state index is -5.17. The van der Waals surface area contributed by atoms with Gasteiger partial charge in [0.05, 0.1) is 11.1 Å². The van der Waals surface area contributed by atoms with E-state index in [1.54, 1.807) is 0 Å². The van der Waals surface area contributed by atoms with Crippen molar-refractivity contribution in [1.29, 1.82) is 0 Å². The fourth-order valence-corrected chi connectivity index (χ4v) is 3.51. The van der Waals surface area contributed by atoms with Crippen LogP contribution < -0.4 is 5.19 Å². The lowest BCUT2D eigenvalue weighted by molar-refractivity contribution is -0.161. The van der Waals surface area contributed by atoms with Gasteiger partial charge in [0.25, 0.3) is 6.69 Å². The molecule has 0 amide bonds. The van der Waals surface area contributed by atoms with Crippen LogP contribution in [0.5, 0.6) is 0 Å². The van der Waals surface area contributed by atoms with Crippen molar-refractivity contribution in [2.75, 3.05) is 0 Å². The van der Waals surface area contributed by atoms with Crippen LogP contribution in [-0.4, -0.2) is 6.69 Å². The first-order valence-electron chi connectivity index (χ1n) is 4.51. The SMILES string of the molecule is C[Si](Cl)(Cl)c1cccc(C(F)(F)F)c1C(F)(F)F. The second-order valence-corrected chi connectivity index (χ2v) is 11.0. The Morgan fingerprint density at radius 2 is 1.44 bits per heavy atom. The Morgan fingerprint density at radius 3 is 1.78 bits per heavy atom. The van der Waals surface area contributed by atoms with E-state index in [0.717, 1.165) is 18.7 Å². The lowest BCUT2D eigenvalue weighted by Gasteiger charge is -2.22. The number of alkyl halides is 6. The van der Waals surface area contributed by atoms with Crippen LogP contribution in [0, 0.1) is 0 Å². The third-order valence-electron chi connectivity index (χ3n) is 2.13. The van der Waals surface area contributed by atoms with E-state index in [9.17, 15) is 26.3 Å². The summed E-state index contributed by atoms with van der Waals surface area (Å²) in [7, 11) is 0. The highest BCUT2D eigenvalue weighted by molar-refractivity contribution is 7.50. The summed E-state index contributed by atoms with van der Waals surface area (Å²) in [6, 6.07) is 2.11. The summed E-state index contributed by atoms with van der Waals surface area (Å²) in [5.74, 6) is 0. The van der Waals surface area contributed by atoms with E-state index in [1.807, 2.05) is 0 Å². The van der Waals surface area contributed by atoms with E-state index < -0.39 is 35.4 Å². The van der Waals surface area contributed by atoms with E-state index in [0.29, 0.717) is 6.07 Å². The molecular formula is C9H6Cl2F6Si. The molecule has 0 nitrogen and oxygen atoms in total. The Hall–Kier alpha value is -0.403. The third kappa shape index (κ3) is 3.33. The first kappa shape index (κ1) is 15.7. The van der Waals surface area contributed by atoms with Crippen LogP contribution in [0.1, 0.15) is 11.1 Å². The van der Waals surface area contributed by atoms with Crippen molar-refractivity contribution in [3.05, 3.63) is 29.3 Å². The normalized spacial score (nSPS) is 13.8. The number of hydrogen-bond acceptors (Lipinski definition) is 0. The Labute approximate surface area is 109 Å². The van der Waals surface area contributed by atoms with Crippen LogP contribution in [0.3, 0.4) is 0 Å². The predicted octanol–water partition coefficient (Wildman–Crippen LogP) is 4.48. The van der Waals surface area contributed by atoms with Crippen molar-refractivity contribution >= 4 is 34.0 Å². The second kappa shape index (κ2) is 4.61. The largest absolute Gasteiger partial charge is 0.417 e. The van der Waals surface area contributed by atoms with E-state index in [2.05, 4.69) is 0 Å². The van der Waals surface area contributed by atoms with Gasteiger partial charge in [-0.1, -0.05) is 12.1 Å². The van der Waals surface area contributed by atoms with Gasteiger partial charge in [0.2, 0.25) is 0 Å². The molecule has 1 aromatic rings. The minimum Gasteiger partial charge on any atom is -0.166 e. The zero-order valence-corrected chi connectivity index (χ0v) is 11.3. The highest BCUT2D eigenvalue weighted by Crippen LogP contribution is 2.40. The Morgan fingerprint density at radius 1 is 0.944 bits per heavy atom. The molecular weight excluding hydrogens is 321 g/mol. The summed E-state index contributed by atoms with van der Waals surface area (Å²) in [4.78, 5) is 0. The molecule has 9 heteroatoms. The van der Waals surface area contributed by atoms with Crippen LogP contribution in [0.2, 0.25) is 6.55 Å². The first-order valence-corrected chi connectivity index (χ1v) is 9.03. The summed E-state index contributed by atoms with van der Waals surface area (Å²) in [5, 5.41) is -0.687. The van der Waals surface area contributed by atoms with Crippen molar-refractivity contribution in [1.82, 2.24) is 0 Å².